The number of imidazole rings is 1. The number of methoxy groups -OCH3 is 1. The molecule has 0 spiro atoms. The smallest absolute Gasteiger partial charge is 0.256 e. The fraction of sp³-hybridized carbons (Fsp3) is 0.0400. The van der Waals surface area contributed by atoms with E-state index in [0.29, 0.717) is 17.3 Å². The average Bonchev–Trinajstić information content (AvgIpc) is 3.51. The van der Waals surface area contributed by atoms with Crippen molar-refractivity contribution in [3.8, 4) is 5.75 Å². The van der Waals surface area contributed by atoms with Crippen molar-refractivity contribution >= 4 is 56.7 Å². The average molecular weight is 421 g/mol. The molecule has 156 valence electrons. The number of hydrogen-bond acceptors (Lipinski definition) is 4. The van der Waals surface area contributed by atoms with Crippen molar-refractivity contribution in [1.82, 2.24) is 15.0 Å². The van der Waals surface area contributed by atoms with Gasteiger partial charge in [-0.1, -0.05) is 36.4 Å². The fourth-order valence-electron chi connectivity index (χ4n) is 4.22. The lowest BCUT2D eigenvalue weighted by Gasteiger charge is -2.07. The van der Waals surface area contributed by atoms with E-state index in [9.17, 15) is 4.79 Å². The first-order valence-corrected chi connectivity index (χ1v) is 10.2. The molecule has 5 aromatic rings. The molecule has 0 aliphatic carbocycles. The van der Waals surface area contributed by atoms with Gasteiger partial charge in [0.2, 0.25) is 5.95 Å². The molecule has 0 saturated carbocycles. The SMILES string of the molecule is COc1cc[nH]c1C=C1C(=O)Nc2ccc3[nH]c(Nc4cccc5ccccc45)nc3c21. The Morgan fingerprint density at radius 1 is 1.03 bits per heavy atom. The molecule has 1 amide bonds. The van der Waals surface area contributed by atoms with Gasteiger partial charge in [0.1, 0.15) is 11.3 Å². The summed E-state index contributed by atoms with van der Waals surface area (Å²) in [4.78, 5) is 24.0. The number of aromatic amines is 2. The summed E-state index contributed by atoms with van der Waals surface area (Å²) in [6, 6.07) is 19.9. The Morgan fingerprint density at radius 3 is 2.81 bits per heavy atom. The monoisotopic (exact) mass is 421 g/mol. The van der Waals surface area contributed by atoms with Crippen LogP contribution in [0.1, 0.15) is 11.3 Å². The molecule has 7 nitrogen and oxygen atoms in total. The maximum Gasteiger partial charge on any atom is 0.256 e. The summed E-state index contributed by atoms with van der Waals surface area (Å²) >= 11 is 0. The summed E-state index contributed by atoms with van der Waals surface area (Å²) in [5, 5.41) is 8.59. The zero-order chi connectivity index (χ0) is 21.7. The molecule has 2 aromatic heterocycles. The molecule has 0 unspecified atom stereocenters. The first-order chi connectivity index (χ1) is 15.7. The highest BCUT2D eigenvalue weighted by Crippen LogP contribution is 2.39. The zero-order valence-corrected chi connectivity index (χ0v) is 17.2. The molecule has 3 heterocycles. The Hall–Kier alpha value is -4.52. The number of aromatic nitrogens is 3. The number of carbonyl (C=O) groups is 1. The molecule has 1 aliphatic heterocycles. The minimum Gasteiger partial charge on any atom is -0.495 e. The Morgan fingerprint density at radius 2 is 1.91 bits per heavy atom. The predicted molar refractivity (Wildman–Crippen MR) is 127 cm³/mol. The highest BCUT2D eigenvalue weighted by Gasteiger charge is 2.28. The number of hydrogen-bond donors (Lipinski definition) is 4. The quantitative estimate of drug-likeness (QED) is 0.297. The van der Waals surface area contributed by atoms with Gasteiger partial charge in [0, 0.05) is 22.8 Å². The Balaban J connectivity index is 1.46. The van der Waals surface area contributed by atoms with Crippen molar-refractivity contribution in [2.24, 2.45) is 0 Å². The Labute approximate surface area is 183 Å². The van der Waals surface area contributed by atoms with Crippen molar-refractivity contribution < 1.29 is 9.53 Å². The Bertz CT molecular complexity index is 1540. The Kier molecular flexibility index (Phi) is 4.01. The van der Waals surface area contributed by atoms with E-state index in [1.165, 1.54) is 0 Å². The van der Waals surface area contributed by atoms with Crippen LogP contribution in [0.4, 0.5) is 17.3 Å². The van der Waals surface area contributed by atoms with E-state index in [2.05, 4.69) is 38.8 Å². The van der Waals surface area contributed by atoms with E-state index in [-0.39, 0.29) is 5.91 Å². The highest BCUT2D eigenvalue weighted by molar-refractivity contribution is 6.37. The van der Waals surface area contributed by atoms with Crippen LogP contribution in [0.3, 0.4) is 0 Å². The lowest BCUT2D eigenvalue weighted by atomic mass is 10.0. The summed E-state index contributed by atoms with van der Waals surface area (Å²) in [7, 11) is 1.60. The van der Waals surface area contributed by atoms with Crippen LogP contribution in [0.15, 0.2) is 66.9 Å². The van der Waals surface area contributed by atoms with Crippen LogP contribution in [-0.2, 0) is 4.79 Å². The second kappa shape index (κ2) is 7.02. The minimum absolute atomic E-state index is 0.171. The lowest BCUT2D eigenvalue weighted by molar-refractivity contribution is -0.110. The molecular weight excluding hydrogens is 402 g/mol. The normalized spacial score (nSPS) is 14.2. The second-order valence-electron chi connectivity index (χ2n) is 7.59. The first-order valence-electron chi connectivity index (χ1n) is 10.2. The number of fused-ring (bicyclic) bond motifs is 4. The van der Waals surface area contributed by atoms with Gasteiger partial charge in [0.05, 0.1) is 29.6 Å². The molecule has 6 rings (SSSR count). The number of rotatable bonds is 4. The van der Waals surface area contributed by atoms with Crippen LogP contribution in [0.2, 0.25) is 0 Å². The summed E-state index contributed by atoms with van der Waals surface area (Å²) in [5.41, 5.74) is 5.29. The molecule has 0 fully saturated rings. The summed E-state index contributed by atoms with van der Waals surface area (Å²) < 4.78 is 5.37. The molecule has 32 heavy (non-hydrogen) atoms. The third-order valence-electron chi connectivity index (χ3n) is 5.71. The minimum atomic E-state index is -0.171. The van der Waals surface area contributed by atoms with E-state index < -0.39 is 0 Å². The molecule has 0 radical (unpaired) electrons. The van der Waals surface area contributed by atoms with Crippen LogP contribution in [-0.4, -0.2) is 28.0 Å². The standard InChI is InChI=1S/C25H19N5O2/c1-32-21-11-12-26-20(21)13-16-22-18(27-24(16)31)9-10-19-23(22)30-25(29-19)28-17-8-4-6-14-5-2-3-7-15(14)17/h2-13,26H,1H3,(H,27,31)(H2,28,29,30). The molecule has 0 bridgehead atoms. The molecule has 4 N–H and O–H groups in total. The molecule has 1 aliphatic rings. The third kappa shape index (κ3) is 2.83. The maximum atomic E-state index is 12.8. The maximum absolute atomic E-state index is 12.8. The van der Waals surface area contributed by atoms with Crippen molar-refractivity contribution in [3.05, 3.63) is 78.1 Å². The van der Waals surface area contributed by atoms with Crippen LogP contribution in [0, 0.1) is 0 Å². The summed E-state index contributed by atoms with van der Waals surface area (Å²) in [5.74, 6) is 1.11. The number of benzene rings is 3. The van der Waals surface area contributed by atoms with E-state index in [4.69, 9.17) is 9.72 Å². The summed E-state index contributed by atoms with van der Waals surface area (Å²) in [6.45, 7) is 0. The molecule has 0 atom stereocenters. The van der Waals surface area contributed by atoms with Gasteiger partial charge in [-0.15, -0.1) is 0 Å². The van der Waals surface area contributed by atoms with E-state index >= 15 is 0 Å². The van der Waals surface area contributed by atoms with Gasteiger partial charge in [0.25, 0.3) is 5.91 Å². The molecule has 7 heteroatoms. The second-order valence-corrected chi connectivity index (χ2v) is 7.59. The van der Waals surface area contributed by atoms with Crippen molar-refractivity contribution in [1.29, 1.82) is 0 Å². The lowest BCUT2D eigenvalue weighted by Crippen LogP contribution is -2.03. The van der Waals surface area contributed by atoms with Gasteiger partial charge in [-0.2, -0.15) is 0 Å². The van der Waals surface area contributed by atoms with Crippen LogP contribution < -0.4 is 15.4 Å². The molecule has 0 saturated heterocycles. The molecule has 3 aromatic carbocycles. The van der Waals surface area contributed by atoms with Gasteiger partial charge < -0.3 is 25.3 Å². The number of ether oxygens (including phenoxy) is 1. The van der Waals surface area contributed by atoms with Crippen LogP contribution >= 0.6 is 0 Å². The number of carbonyl (C=O) groups excluding carboxylic acids is 1. The van der Waals surface area contributed by atoms with Gasteiger partial charge >= 0.3 is 0 Å². The molecular formula is C25H19N5O2. The van der Waals surface area contributed by atoms with E-state index in [0.717, 1.165) is 44.4 Å². The highest BCUT2D eigenvalue weighted by atomic mass is 16.5. The predicted octanol–water partition coefficient (Wildman–Crippen LogP) is 5.29. The number of amides is 1. The summed E-state index contributed by atoms with van der Waals surface area (Å²) in [6.07, 6.45) is 3.58. The van der Waals surface area contributed by atoms with Gasteiger partial charge in [0.15, 0.2) is 0 Å². The van der Waals surface area contributed by atoms with Crippen molar-refractivity contribution in [2.75, 3.05) is 17.7 Å². The zero-order valence-electron chi connectivity index (χ0n) is 17.2. The van der Waals surface area contributed by atoms with Gasteiger partial charge in [-0.3, -0.25) is 4.79 Å². The first kappa shape index (κ1) is 18.3. The van der Waals surface area contributed by atoms with E-state index in [1.807, 2.05) is 42.5 Å². The number of H-pyrrole nitrogens is 2. The largest absolute Gasteiger partial charge is 0.495 e. The number of nitrogens with one attached hydrogen (secondary N) is 4. The number of nitrogens with zero attached hydrogens (tertiary/aromatic N) is 1. The van der Waals surface area contributed by atoms with Gasteiger partial charge in [-0.05, 0) is 35.7 Å². The fourth-order valence-corrected chi connectivity index (χ4v) is 4.22. The van der Waals surface area contributed by atoms with Crippen molar-refractivity contribution in [3.63, 3.8) is 0 Å². The topological polar surface area (TPSA) is 94.8 Å². The van der Waals surface area contributed by atoms with E-state index in [1.54, 1.807) is 19.4 Å². The van der Waals surface area contributed by atoms with Gasteiger partial charge in [-0.25, -0.2) is 4.98 Å². The van der Waals surface area contributed by atoms with Crippen LogP contribution in [0.25, 0.3) is 33.5 Å². The third-order valence-corrected chi connectivity index (χ3v) is 5.71. The van der Waals surface area contributed by atoms with Crippen molar-refractivity contribution in [2.45, 2.75) is 0 Å². The van der Waals surface area contributed by atoms with Crippen LogP contribution in [0.5, 0.6) is 5.75 Å². The number of anilines is 3.